The second-order valence-corrected chi connectivity index (χ2v) is 5.30. The third-order valence-electron chi connectivity index (χ3n) is 3.08. The third kappa shape index (κ3) is 2.55. The molecule has 0 aliphatic heterocycles. The van der Waals surface area contributed by atoms with Crippen LogP contribution in [-0.4, -0.2) is 26.5 Å². The summed E-state index contributed by atoms with van der Waals surface area (Å²) in [6.45, 7) is 1.42. The number of hydrogen-bond donors (Lipinski definition) is 1. The van der Waals surface area contributed by atoms with Gasteiger partial charge in [-0.15, -0.1) is 0 Å². The smallest absolute Gasteiger partial charge is 0.348 e. The number of fused-ring (bicyclic) bond motifs is 1. The molecule has 1 N–H and O–H groups in total. The molecule has 3 rings (SSSR count). The lowest BCUT2D eigenvalue weighted by Crippen LogP contribution is -2.26. The van der Waals surface area contributed by atoms with Gasteiger partial charge in [-0.1, -0.05) is 11.6 Å². The predicted octanol–water partition coefficient (Wildman–Crippen LogP) is 2.60. The first kappa shape index (κ1) is 14.1. The molecule has 1 aliphatic rings. The predicted molar refractivity (Wildman–Crippen MR) is 68.2 cm³/mol. The number of alkyl halides is 3. The highest BCUT2D eigenvalue weighted by molar-refractivity contribution is 6.36. The van der Waals surface area contributed by atoms with Gasteiger partial charge in [0, 0.05) is 11.7 Å². The van der Waals surface area contributed by atoms with Crippen molar-refractivity contribution in [3.8, 4) is 0 Å². The summed E-state index contributed by atoms with van der Waals surface area (Å²) in [5, 5.41) is 6.15. The molecule has 1 amide bonds. The van der Waals surface area contributed by atoms with Crippen LogP contribution in [0.3, 0.4) is 0 Å². The molecule has 1 aliphatic carbocycles. The maximum absolute atomic E-state index is 13.0. The molecule has 0 bridgehead atoms. The van der Waals surface area contributed by atoms with Crippen molar-refractivity contribution in [2.45, 2.75) is 32.0 Å². The van der Waals surface area contributed by atoms with Crippen molar-refractivity contribution < 1.29 is 18.0 Å². The van der Waals surface area contributed by atoms with E-state index >= 15 is 0 Å². The fraction of sp³-hybridized carbons (Fsp3) is 0.417. The van der Waals surface area contributed by atoms with E-state index in [1.54, 1.807) is 0 Å². The summed E-state index contributed by atoms with van der Waals surface area (Å²) in [5.74, 6) is -0.584. The Hall–Kier alpha value is -1.83. The van der Waals surface area contributed by atoms with Gasteiger partial charge >= 0.3 is 6.18 Å². The molecule has 0 atom stereocenters. The Labute approximate surface area is 122 Å². The van der Waals surface area contributed by atoms with Gasteiger partial charge < -0.3 is 5.32 Å². The molecule has 21 heavy (non-hydrogen) atoms. The Morgan fingerprint density at radius 1 is 1.48 bits per heavy atom. The molecular formula is C12H10ClF3N4O. The third-order valence-corrected chi connectivity index (χ3v) is 3.43. The molecule has 1 saturated carbocycles. The maximum Gasteiger partial charge on any atom is 0.433 e. The molecule has 2 aromatic rings. The highest BCUT2D eigenvalue weighted by Gasteiger charge is 2.36. The van der Waals surface area contributed by atoms with E-state index in [1.165, 1.54) is 6.92 Å². The van der Waals surface area contributed by atoms with E-state index in [0.717, 1.165) is 18.9 Å². The van der Waals surface area contributed by atoms with E-state index in [-0.39, 0.29) is 28.1 Å². The van der Waals surface area contributed by atoms with Crippen molar-refractivity contribution in [1.82, 2.24) is 19.9 Å². The number of halogens is 4. The van der Waals surface area contributed by atoms with Crippen LogP contribution in [0.1, 0.15) is 34.7 Å². The summed E-state index contributed by atoms with van der Waals surface area (Å²) >= 11 is 5.98. The van der Waals surface area contributed by atoms with Crippen molar-refractivity contribution >= 4 is 23.2 Å². The molecule has 0 aromatic carbocycles. The molecular weight excluding hydrogens is 309 g/mol. The SMILES string of the molecule is Cc1cc(C(F)(F)F)n2nc(C(=O)NC3CC3)c(Cl)c2n1. The lowest BCUT2D eigenvalue weighted by Gasteiger charge is -2.09. The van der Waals surface area contributed by atoms with Gasteiger partial charge in [0.1, 0.15) is 10.7 Å². The zero-order chi connectivity index (χ0) is 15.4. The summed E-state index contributed by atoms with van der Waals surface area (Å²) in [6.07, 6.45) is -2.92. The first-order valence-electron chi connectivity index (χ1n) is 6.21. The van der Waals surface area contributed by atoms with Crippen LogP contribution < -0.4 is 5.32 Å². The largest absolute Gasteiger partial charge is 0.433 e. The van der Waals surface area contributed by atoms with Crippen LogP contribution in [0, 0.1) is 6.92 Å². The van der Waals surface area contributed by atoms with Gasteiger partial charge in [-0.25, -0.2) is 9.50 Å². The number of nitrogens with one attached hydrogen (secondary N) is 1. The molecule has 112 valence electrons. The minimum atomic E-state index is -4.62. The molecule has 5 nitrogen and oxygen atoms in total. The van der Waals surface area contributed by atoms with Crippen LogP contribution >= 0.6 is 11.6 Å². The summed E-state index contributed by atoms with van der Waals surface area (Å²) in [5.41, 5.74) is -1.29. The fourth-order valence-electron chi connectivity index (χ4n) is 1.94. The monoisotopic (exact) mass is 318 g/mol. The molecule has 9 heteroatoms. The molecule has 2 heterocycles. The van der Waals surface area contributed by atoms with E-state index in [1.807, 2.05) is 0 Å². The highest BCUT2D eigenvalue weighted by atomic mass is 35.5. The molecule has 0 spiro atoms. The van der Waals surface area contributed by atoms with Gasteiger partial charge in [-0.3, -0.25) is 4.79 Å². The van der Waals surface area contributed by atoms with Gasteiger partial charge in [0.2, 0.25) is 0 Å². The lowest BCUT2D eigenvalue weighted by molar-refractivity contribution is -0.142. The summed E-state index contributed by atoms with van der Waals surface area (Å²) in [6, 6.07) is 0.911. The second kappa shape index (κ2) is 4.59. The van der Waals surface area contributed by atoms with E-state index in [9.17, 15) is 18.0 Å². The first-order chi connectivity index (χ1) is 9.77. The first-order valence-corrected chi connectivity index (χ1v) is 6.59. The Morgan fingerprint density at radius 3 is 2.71 bits per heavy atom. The van der Waals surface area contributed by atoms with Crippen LogP contribution in [-0.2, 0) is 6.18 Å². The zero-order valence-electron chi connectivity index (χ0n) is 10.8. The topological polar surface area (TPSA) is 59.3 Å². The highest BCUT2D eigenvalue weighted by Crippen LogP contribution is 2.32. The number of carbonyl (C=O) groups excluding carboxylic acids is 1. The Kier molecular flexibility index (Phi) is 3.09. The zero-order valence-corrected chi connectivity index (χ0v) is 11.6. The quantitative estimate of drug-likeness (QED) is 0.926. The van der Waals surface area contributed by atoms with Crippen molar-refractivity contribution in [2.75, 3.05) is 0 Å². The summed E-state index contributed by atoms with van der Waals surface area (Å²) in [7, 11) is 0. The van der Waals surface area contributed by atoms with Crippen molar-refractivity contribution in [3.63, 3.8) is 0 Å². The maximum atomic E-state index is 13.0. The Bertz CT molecular complexity index is 736. The Morgan fingerprint density at radius 2 is 2.14 bits per heavy atom. The van der Waals surface area contributed by atoms with Crippen molar-refractivity contribution in [3.05, 3.63) is 28.2 Å². The van der Waals surface area contributed by atoms with Crippen LogP contribution in [0.2, 0.25) is 5.02 Å². The van der Waals surface area contributed by atoms with E-state index in [2.05, 4.69) is 15.4 Å². The standard InChI is InChI=1S/C12H10ClF3N4O/c1-5-4-7(12(14,15)16)20-10(17-5)8(13)9(19-20)11(21)18-6-2-3-6/h4,6H,2-3H2,1H3,(H,18,21). The normalized spacial score (nSPS) is 15.5. The molecule has 0 radical (unpaired) electrons. The number of nitrogens with zero attached hydrogens (tertiary/aromatic N) is 3. The number of aromatic nitrogens is 3. The van der Waals surface area contributed by atoms with Crippen LogP contribution in [0.5, 0.6) is 0 Å². The minimum Gasteiger partial charge on any atom is -0.348 e. The molecule has 1 fully saturated rings. The molecule has 0 saturated heterocycles. The second-order valence-electron chi connectivity index (χ2n) is 4.93. The van der Waals surface area contributed by atoms with E-state index < -0.39 is 17.8 Å². The van der Waals surface area contributed by atoms with Gasteiger partial charge in [-0.2, -0.15) is 18.3 Å². The minimum absolute atomic E-state index is 0.0511. The number of carbonyl (C=O) groups is 1. The lowest BCUT2D eigenvalue weighted by atomic mass is 10.3. The fourth-order valence-corrected chi connectivity index (χ4v) is 2.19. The van der Waals surface area contributed by atoms with E-state index in [0.29, 0.717) is 4.52 Å². The van der Waals surface area contributed by atoms with Crippen LogP contribution in [0.25, 0.3) is 5.65 Å². The summed E-state index contributed by atoms with van der Waals surface area (Å²) < 4.78 is 39.6. The summed E-state index contributed by atoms with van der Waals surface area (Å²) in [4.78, 5) is 15.9. The Balaban J connectivity index is 2.16. The number of rotatable bonds is 2. The van der Waals surface area contributed by atoms with E-state index in [4.69, 9.17) is 11.6 Å². The average molecular weight is 319 g/mol. The number of aryl methyl sites for hydroxylation is 1. The molecule has 0 unspecified atom stereocenters. The molecule has 2 aromatic heterocycles. The van der Waals surface area contributed by atoms with Gasteiger partial charge in [0.15, 0.2) is 11.3 Å². The van der Waals surface area contributed by atoms with Gasteiger partial charge in [0.05, 0.1) is 0 Å². The van der Waals surface area contributed by atoms with Gasteiger partial charge in [-0.05, 0) is 25.8 Å². The van der Waals surface area contributed by atoms with Crippen LogP contribution in [0.4, 0.5) is 13.2 Å². The average Bonchev–Trinajstić information content (AvgIpc) is 3.12. The number of amides is 1. The van der Waals surface area contributed by atoms with Crippen LogP contribution in [0.15, 0.2) is 6.07 Å². The number of hydrogen-bond acceptors (Lipinski definition) is 3. The van der Waals surface area contributed by atoms with Crippen molar-refractivity contribution in [1.29, 1.82) is 0 Å². The van der Waals surface area contributed by atoms with Gasteiger partial charge in [0.25, 0.3) is 5.91 Å². The van der Waals surface area contributed by atoms with Crippen molar-refractivity contribution in [2.24, 2.45) is 0 Å².